The molecule has 4 heteroatoms. The Hall–Kier alpha value is -0.610. The fourth-order valence-corrected chi connectivity index (χ4v) is 3.25. The highest BCUT2D eigenvalue weighted by atomic mass is 79.9. The number of hydrogen-bond acceptors (Lipinski definition) is 2. The van der Waals surface area contributed by atoms with E-state index >= 15 is 0 Å². The van der Waals surface area contributed by atoms with E-state index in [9.17, 15) is 4.39 Å². The third kappa shape index (κ3) is 3.93. The van der Waals surface area contributed by atoms with E-state index in [4.69, 9.17) is 4.74 Å². The van der Waals surface area contributed by atoms with Crippen molar-refractivity contribution in [1.29, 1.82) is 0 Å². The van der Waals surface area contributed by atoms with Crippen LogP contribution in [0.25, 0.3) is 0 Å². The Labute approximate surface area is 123 Å². The lowest BCUT2D eigenvalue weighted by Gasteiger charge is -2.35. The van der Waals surface area contributed by atoms with E-state index < -0.39 is 0 Å². The Balaban J connectivity index is 2.06. The van der Waals surface area contributed by atoms with Gasteiger partial charge in [0.25, 0.3) is 0 Å². The zero-order chi connectivity index (χ0) is 13.7. The molecule has 1 aliphatic heterocycles. The smallest absolute Gasteiger partial charge is 0.131 e. The third-order valence-electron chi connectivity index (χ3n) is 3.83. The Morgan fingerprint density at radius 1 is 1.42 bits per heavy atom. The maximum absolute atomic E-state index is 14.0. The van der Waals surface area contributed by atoms with Gasteiger partial charge >= 0.3 is 0 Å². The van der Waals surface area contributed by atoms with Crippen molar-refractivity contribution >= 4 is 15.9 Å². The topological polar surface area (TPSA) is 12.5 Å². The van der Waals surface area contributed by atoms with Gasteiger partial charge in [-0.1, -0.05) is 28.4 Å². The summed E-state index contributed by atoms with van der Waals surface area (Å²) in [5.74, 6) is 0.416. The molecular formula is C15H21BrFNO. The van der Waals surface area contributed by atoms with Gasteiger partial charge in [-0.2, -0.15) is 0 Å². The van der Waals surface area contributed by atoms with Crippen LogP contribution in [-0.4, -0.2) is 29.9 Å². The van der Waals surface area contributed by atoms with Gasteiger partial charge in [0.05, 0.1) is 7.11 Å². The molecule has 0 aliphatic carbocycles. The van der Waals surface area contributed by atoms with Gasteiger partial charge in [-0.25, -0.2) is 4.39 Å². The molecule has 1 saturated heterocycles. The van der Waals surface area contributed by atoms with Crippen molar-refractivity contribution in [3.63, 3.8) is 0 Å². The molecule has 1 atom stereocenters. The predicted molar refractivity (Wildman–Crippen MR) is 79.4 cm³/mol. The van der Waals surface area contributed by atoms with Crippen molar-refractivity contribution in [2.75, 3.05) is 19.0 Å². The van der Waals surface area contributed by atoms with Gasteiger partial charge in [0.2, 0.25) is 0 Å². The molecule has 106 valence electrons. The highest BCUT2D eigenvalue weighted by molar-refractivity contribution is 9.09. The summed E-state index contributed by atoms with van der Waals surface area (Å²) in [5.41, 5.74) is 0.766. The second kappa shape index (κ2) is 7.25. The number of methoxy groups -OCH3 is 1. The minimum atomic E-state index is -0.164. The van der Waals surface area contributed by atoms with Crippen LogP contribution in [-0.2, 0) is 6.54 Å². The van der Waals surface area contributed by atoms with Gasteiger partial charge in [-0.3, -0.25) is 4.90 Å². The molecule has 1 fully saturated rings. The molecule has 0 amide bonds. The summed E-state index contributed by atoms with van der Waals surface area (Å²) in [6, 6.07) is 5.73. The van der Waals surface area contributed by atoms with Crippen molar-refractivity contribution < 1.29 is 9.13 Å². The zero-order valence-electron chi connectivity index (χ0n) is 11.4. The largest absolute Gasteiger partial charge is 0.497 e. The number of ether oxygens (including phenoxy) is 1. The lowest BCUT2D eigenvalue weighted by Crippen LogP contribution is -2.39. The maximum atomic E-state index is 14.0. The van der Waals surface area contributed by atoms with Gasteiger partial charge in [0.15, 0.2) is 0 Å². The van der Waals surface area contributed by atoms with Crippen LogP contribution < -0.4 is 4.74 Å². The normalized spacial score (nSPS) is 20.5. The highest BCUT2D eigenvalue weighted by Gasteiger charge is 2.22. The van der Waals surface area contributed by atoms with Crippen molar-refractivity contribution in [2.24, 2.45) is 0 Å². The van der Waals surface area contributed by atoms with Gasteiger partial charge < -0.3 is 4.74 Å². The van der Waals surface area contributed by atoms with Crippen LogP contribution in [0.2, 0.25) is 0 Å². The van der Waals surface area contributed by atoms with E-state index in [0.29, 0.717) is 18.3 Å². The molecule has 1 unspecified atom stereocenters. The summed E-state index contributed by atoms with van der Waals surface area (Å²) >= 11 is 3.51. The summed E-state index contributed by atoms with van der Waals surface area (Å²) in [5, 5.41) is 1.01. The Morgan fingerprint density at radius 3 is 2.95 bits per heavy atom. The Kier molecular flexibility index (Phi) is 5.64. The van der Waals surface area contributed by atoms with Gasteiger partial charge in [-0.05, 0) is 31.9 Å². The monoisotopic (exact) mass is 329 g/mol. The summed E-state index contributed by atoms with van der Waals surface area (Å²) < 4.78 is 19.0. The first-order valence-electron chi connectivity index (χ1n) is 6.87. The van der Waals surface area contributed by atoms with Crippen molar-refractivity contribution in [3.05, 3.63) is 29.6 Å². The second-order valence-corrected chi connectivity index (χ2v) is 5.85. The quantitative estimate of drug-likeness (QED) is 0.758. The first kappa shape index (κ1) is 14.8. The molecule has 0 N–H and O–H groups in total. The minimum Gasteiger partial charge on any atom is -0.497 e. The number of rotatable bonds is 5. The molecule has 1 aromatic carbocycles. The standard InChI is InChI=1S/C15H21BrFNO/c1-19-14-6-5-12(15(17)10-14)11-18-9-3-2-4-13(18)7-8-16/h5-6,10,13H,2-4,7-9,11H2,1H3. The molecule has 0 radical (unpaired) electrons. The number of alkyl halides is 1. The predicted octanol–water partition coefficient (Wildman–Crippen LogP) is 3.97. The molecule has 1 aliphatic rings. The van der Waals surface area contributed by atoms with Crippen LogP contribution in [0, 0.1) is 5.82 Å². The van der Waals surface area contributed by atoms with Crippen molar-refractivity contribution in [2.45, 2.75) is 38.3 Å². The molecule has 2 rings (SSSR count). The Morgan fingerprint density at radius 2 is 2.26 bits per heavy atom. The molecule has 1 heterocycles. The molecule has 0 spiro atoms. The van der Waals surface area contributed by atoms with Crippen molar-refractivity contribution in [1.82, 2.24) is 4.90 Å². The Bertz CT molecular complexity index is 411. The molecule has 19 heavy (non-hydrogen) atoms. The lowest BCUT2D eigenvalue weighted by molar-refractivity contribution is 0.135. The fraction of sp³-hybridized carbons (Fsp3) is 0.600. The van der Waals surface area contributed by atoms with E-state index in [1.165, 1.54) is 25.3 Å². The number of piperidine rings is 1. The van der Waals surface area contributed by atoms with Gasteiger partial charge in [0, 0.05) is 29.5 Å². The van der Waals surface area contributed by atoms with Crippen LogP contribution in [0.15, 0.2) is 18.2 Å². The third-order valence-corrected chi connectivity index (χ3v) is 4.28. The first-order chi connectivity index (χ1) is 9.24. The second-order valence-electron chi connectivity index (χ2n) is 5.06. The average molecular weight is 330 g/mol. The van der Waals surface area contributed by atoms with E-state index in [0.717, 1.165) is 23.9 Å². The van der Waals surface area contributed by atoms with Crippen LogP contribution in [0.5, 0.6) is 5.75 Å². The number of likely N-dealkylation sites (tertiary alicyclic amines) is 1. The molecule has 0 saturated carbocycles. The van der Waals surface area contributed by atoms with Crippen molar-refractivity contribution in [3.8, 4) is 5.75 Å². The number of nitrogens with zero attached hydrogens (tertiary/aromatic N) is 1. The first-order valence-corrected chi connectivity index (χ1v) is 7.99. The SMILES string of the molecule is COc1ccc(CN2CCCCC2CCBr)c(F)c1. The number of halogens is 2. The number of hydrogen-bond donors (Lipinski definition) is 0. The molecule has 0 aromatic heterocycles. The maximum Gasteiger partial charge on any atom is 0.131 e. The van der Waals surface area contributed by atoms with E-state index in [1.807, 2.05) is 12.1 Å². The molecule has 0 bridgehead atoms. The summed E-state index contributed by atoms with van der Waals surface area (Å²) in [7, 11) is 1.56. The average Bonchev–Trinajstić information content (AvgIpc) is 2.43. The highest BCUT2D eigenvalue weighted by Crippen LogP contribution is 2.24. The zero-order valence-corrected chi connectivity index (χ0v) is 13.0. The van der Waals surface area contributed by atoms with Crippen LogP contribution >= 0.6 is 15.9 Å². The van der Waals surface area contributed by atoms with E-state index in [1.54, 1.807) is 7.11 Å². The summed E-state index contributed by atoms with van der Waals surface area (Å²) in [6.45, 7) is 1.77. The minimum absolute atomic E-state index is 0.164. The van der Waals surface area contributed by atoms with Crippen LogP contribution in [0.1, 0.15) is 31.2 Å². The van der Waals surface area contributed by atoms with E-state index in [-0.39, 0.29) is 5.82 Å². The fourth-order valence-electron chi connectivity index (χ4n) is 2.72. The van der Waals surface area contributed by atoms with E-state index in [2.05, 4.69) is 20.8 Å². The molecule has 1 aromatic rings. The van der Waals surface area contributed by atoms with Crippen LogP contribution in [0.3, 0.4) is 0 Å². The molecule has 2 nitrogen and oxygen atoms in total. The number of benzene rings is 1. The summed E-state index contributed by atoms with van der Waals surface area (Å²) in [6.07, 6.45) is 4.87. The van der Waals surface area contributed by atoms with Gasteiger partial charge in [-0.15, -0.1) is 0 Å². The van der Waals surface area contributed by atoms with Gasteiger partial charge in [0.1, 0.15) is 11.6 Å². The lowest BCUT2D eigenvalue weighted by atomic mass is 9.99. The molecular weight excluding hydrogens is 309 g/mol. The summed E-state index contributed by atoms with van der Waals surface area (Å²) in [4.78, 5) is 2.41. The van der Waals surface area contributed by atoms with Crippen LogP contribution in [0.4, 0.5) is 4.39 Å².